The van der Waals surface area contributed by atoms with Crippen LogP contribution in [0.15, 0.2) is 36.5 Å². The third-order valence-corrected chi connectivity index (χ3v) is 4.85. The van der Waals surface area contributed by atoms with Crippen LogP contribution in [0.3, 0.4) is 0 Å². The van der Waals surface area contributed by atoms with Crippen LogP contribution in [0.2, 0.25) is 0 Å². The zero-order valence-electron chi connectivity index (χ0n) is 15.3. The van der Waals surface area contributed by atoms with Crippen LogP contribution in [0.25, 0.3) is 5.69 Å². The molecule has 1 amide bonds. The van der Waals surface area contributed by atoms with Gasteiger partial charge in [-0.15, -0.1) is 0 Å². The number of nitrogens with zero attached hydrogens (tertiary/aromatic N) is 4. The highest BCUT2D eigenvalue weighted by atomic mass is 16.6. The van der Waals surface area contributed by atoms with Crippen molar-refractivity contribution >= 4 is 17.6 Å². The maximum Gasteiger partial charge on any atom is 0.313 e. The lowest BCUT2D eigenvalue weighted by molar-refractivity contribution is -0.384. The Kier molecular flexibility index (Phi) is 5.41. The van der Waals surface area contributed by atoms with Crippen LogP contribution in [-0.4, -0.2) is 63.4 Å². The third kappa shape index (κ3) is 3.72. The molecule has 1 aliphatic rings. The Labute approximate surface area is 160 Å². The van der Waals surface area contributed by atoms with E-state index in [1.807, 2.05) is 0 Å². The van der Waals surface area contributed by atoms with E-state index in [4.69, 9.17) is 4.74 Å². The number of piperidine rings is 1. The lowest BCUT2D eigenvalue weighted by Gasteiger charge is -2.39. The van der Waals surface area contributed by atoms with Crippen LogP contribution in [0.5, 0.6) is 0 Å². The molecule has 0 aliphatic carbocycles. The highest BCUT2D eigenvalue weighted by Crippen LogP contribution is 2.31. The molecule has 0 saturated carbocycles. The van der Waals surface area contributed by atoms with Crippen molar-refractivity contribution in [3.05, 3.63) is 52.3 Å². The van der Waals surface area contributed by atoms with Gasteiger partial charge < -0.3 is 14.7 Å². The summed E-state index contributed by atoms with van der Waals surface area (Å²) in [4.78, 5) is 36.5. The molecule has 0 radical (unpaired) electrons. The van der Waals surface area contributed by atoms with Crippen molar-refractivity contribution in [2.75, 3.05) is 26.8 Å². The minimum absolute atomic E-state index is 0.0221. The maximum atomic E-state index is 12.8. The number of carboxylic acid groups (broad SMARTS) is 1. The number of benzene rings is 1. The second kappa shape index (κ2) is 7.77. The number of rotatable bonds is 6. The molecule has 1 aromatic heterocycles. The van der Waals surface area contributed by atoms with Gasteiger partial charge in [0.2, 0.25) is 0 Å². The zero-order valence-corrected chi connectivity index (χ0v) is 15.3. The minimum atomic E-state index is -1.13. The van der Waals surface area contributed by atoms with E-state index in [1.54, 1.807) is 6.07 Å². The molecule has 0 bridgehead atoms. The summed E-state index contributed by atoms with van der Waals surface area (Å²) in [5, 5.41) is 24.8. The molecule has 3 rings (SSSR count). The Morgan fingerprint density at radius 2 is 2.18 bits per heavy atom. The number of aromatic nitrogens is 2. The molecule has 0 spiro atoms. The standard InChI is InChI=1S/C18H20N4O6/c1-28-12-18(17(24)25)7-3-8-20(11-18)16(23)15-6-9-21(19-15)13-4-2-5-14(10-13)22(26)27/h2,4-6,9-10H,3,7-8,11-12H2,1H3,(H,24,25). The number of aliphatic carboxylic acids is 1. The molecular weight excluding hydrogens is 368 g/mol. The Bertz CT molecular complexity index is 907. The molecule has 2 heterocycles. The van der Waals surface area contributed by atoms with E-state index < -0.39 is 16.3 Å². The van der Waals surface area contributed by atoms with Gasteiger partial charge in [0, 0.05) is 38.5 Å². The topological polar surface area (TPSA) is 128 Å². The number of hydrogen-bond acceptors (Lipinski definition) is 6. The van der Waals surface area contributed by atoms with E-state index in [2.05, 4.69) is 5.10 Å². The fourth-order valence-corrected chi connectivity index (χ4v) is 3.43. The lowest BCUT2D eigenvalue weighted by Crippen LogP contribution is -2.52. The first kappa shape index (κ1) is 19.5. The van der Waals surface area contributed by atoms with Crippen molar-refractivity contribution in [3.8, 4) is 5.69 Å². The molecule has 1 fully saturated rings. The van der Waals surface area contributed by atoms with Crippen LogP contribution in [0, 0.1) is 15.5 Å². The van der Waals surface area contributed by atoms with Crippen molar-refractivity contribution in [3.63, 3.8) is 0 Å². The number of methoxy groups -OCH3 is 1. The van der Waals surface area contributed by atoms with Gasteiger partial charge >= 0.3 is 5.97 Å². The van der Waals surface area contributed by atoms with E-state index in [0.29, 0.717) is 25.1 Å². The normalized spacial score (nSPS) is 19.4. The SMILES string of the molecule is COCC1(C(=O)O)CCCN(C(=O)c2ccn(-c3cccc([N+](=O)[O-])c3)n2)C1. The molecule has 10 heteroatoms. The highest BCUT2D eigenvalue weighted by Gasteiger charge is 2.44. The van der Waals surface area contributed by atoms with E-state index >= 15 is 0 Å². The number of carbonyl (C=O) groups is 2. The van der Waals surface area contributed by atoms with Gasteiger partial charge in [0.25, 0.3) is 11.6 Å². The summed E-state index contributed by atoms with van der Waals surface area (Å²) in [5.74, 6) is -1.38. The average Bonchev–Trinajstić information content (AvgIpc) is 3.18. The summed E-state index contributed by atoms with van der Waals surface area (Å²) in [7, 11) is 1.44. The first-order valence-corrected chi connectivity index (χ1v) is 8.68. The molecule has 1 atom stereocenters. The van der Waals surface area contributed by atoms with Gasteiger partial charge in [-0.2, -0.15) is 5.10 Å². The quantitative estimate of drug-likeness (QED) is 0.589. The molecule has 10 nitrogen and oxygen atoms in total. The minimum Gasteiger partial charge on any atom is -0.481 e. The Morgan fingerprint density at radius 1 is 1.39 bits per heavy atom. The van der Waals surface area contributed by atoms with E-state index in [0.717, 1.165) is 0 Å². The summed E-state index contributed by atoms with van der Waals surface area (Å²) >= 11 is 0. The van der Waals surface area contributed by atoms with Crippen LogP contribution < -0.4 is 0 Å². The molecule has 2 aromatic rings. The third-order valence-electron chi connectivity index (χ3n) is 4.85. The van der Waals surface area contributed by atoms with Gasteiger partial charge in [0.05, 0.1) is 17.2 Å². The maximum absolute atomic E-state index is 12.8. The molecule has 1 aliphatic heterocycles. The Morgan fingerprint density at radius 3 is 2.86 bits per heavy atom. The fraction of sp³-hybridized carbons (Fsp3) is 0.389. The molecule has 1 saturated heterocycles. The monoisotopic (exact) mass is 388 g/mol. The second-order valence-electron chi connectivity index (χ2n) is 6.77. The van der Waals surface area contributed by atoms with E-state index in [1.165, 1.54) is 47.2 Å². The summed E-state index contributed by atoms with van der Waals surface area (Å²) < 4.78 is 6.46. The summed E-state index contributed by atoms with van der Waals surface area (Å²) in [5.41, 5.74) is -0.621. The summed E-state index contributed by atoms with van der Waals surface area (Å²) in [6, 6.07) is 7.41. The number of hydrogen-bond donors (Lipinski definition) is 1. The number of likely N-dealkylation sites (tertiary alicyclic amines) is 1. The number of carbonyl (C=O) groups excluding carboxylic acids is 1. The van der Waals surface area contributed by atoms with Gasteiger partial charge in [-0.25, -0.2) is 4.68 Å². The smallest absolute Gasteiger partial charge is 0.313 e. The molecule has 28 heavy (non-hydrogen) atoms. The largest absolute Gasteiger partial charge is 0.481 e. The molecular formula is C18H20N4O6. The predicted octanol–water partition coefficient (Wildman–Crippen LogP) is 1.73. The number of ether oxygens (including phenoxy) is 1. The average molecular weight is 388 g/mol. The van der Waals surface area contributed by atoms with Crippen LogP contribution in [0.1, 0.15) is 23.3 Å². The second-order valence-corrected chi connectivity index (χ2v) is 6.77. The Hall–Kier alpha value is -3.27. The zero-order chi connectivity index (χ0) is 20.3. The molecule has 1 N–H and O–H groups in total. The molecule has 1 unspecified atom stereocenters. The highest BCUT2D eigenvalue weighted by molar-refractivity contribution is 5.93. The first-order valence-electron chi connectivity index (χ1n) is 8.68. The van der Waals surface area contributed by atoms with Gasteiger partial charge in [-0.1, -0.05) is 6.07 Å². The van der Waals surface area contributed by atoms with Crippen molar-refractivity contribution < 1.29 is 24.4 Å². The number of nitro groups is 1. The van der Waals surface area contributed by atoms with Crippen molar-refractivity contribution in [1.82, 2.24) is 14.7 Å². The number of carboxylic acids is 1. The van der Waals surface area contributed by atoms with Crippen LogP contribution in [0.4, 0.5) is 5.69 Å². The van der Waals surface area contributed by atoms with Gasteiger partial charge in [0.1, 0.15) is 5.41 Å². The number of non-ortho nitro benzene ring substituents is 1. The molecule has 148 valence electrons. The number of nitro benzene ring substituents is 1. The Balaban J connectivity index is 1.81. The summed E-state index contributed by atoms with van der Waals surface area (Å²) in [6.07, 6.45) is 2.52. The first-order chi connectivity index (χ1) is 13.4. The van der Waals surface area contributed by atoms with Gasteiger partial charge in [-0.05, 0) is 25.0 Å². The number of amides is 1. The van der Waals surface area contributed by atoms with Crippen molar-refractivity contribution in [2.45, 2.75) is 12.8 Å². The van der Waals surface area contributed by atoms with Crippen LogP contribution >= 0.6 is 0 Å². The predicted molar refractivity (Wildman–Crippen MR) is 97.3 cm³/mol. The van der Waals surface area contributed by atoms with E-state index in [9.17, 15) is 24.8 Å². The van der Waals surface area contributed by atoms with Crippen molar-refractivity contribution in [1.29, 1.82) is 0 Å². The lowest BCUT2D eigenvalue weighted by atomic mass is 9.80. The van der Waals surface area contributed by atoms with E-state index in [-0.39, 0.29) is 30.4 Å². The molecule has 1 aromatic carbocycles. The summed E-state index contributed by atoms with van der Waals surface area (Å²) in [6.45, 7) is 0.494. The van der Waals surface area contributed by atoms with Crippen LogP contribution in [-0.2, 0) is 9.53 Å². The van der Waals surface area contributed by atoms with Gasteiger partial charge in [0.15, 0.2) is 5.69 Å². The fourth-order valence-electron chi connectivity index (χ4n) is 3.43. The van der Waals surface area contributed by atoms with Crippen molar-refractivity contribution in [2.24, 2.45) is 5.41 Å². The van der Waals surface area contributed by atoms with Gasteiger partial charge in [-0.3, -0.25) is 19.7 Å².